The second-order valence-electron chi connectivity index (χ2n) is 11.6. The maximum Gasteiger partial charge on any atom is 0.323 e. The van der Waals surface area contributed by atoms with Gasteiger partial charge in [-0.1, -0.05) is 6.92 Å². The highest BCUT2D eigenvalue weighted by Gasteiger charge is 2.65. The lowest BCUT2D eigenvalue weighted by atomic mass is 9.46. The van der Waals surface area contributed by atoms with E-state index in [0.29, 0.717) is 30.1 Å². The lowest BCUT2D eigenvalue weighted by molar-refractivity contribution is -0.207. The fraction of sp³-hybridized carbons (Fsp3) is 0.833. The van der Waals surface area contributed by atoms with Crippen molar-refractivity contribution in [3.05, 3.63) is 0 Å². The van der Waals surface area contributed by atoms with Gasteiger partial charge in [0.15, 0.2) is 0 Å². The first-order valence-corrected chi connectivity index (χ1v) is 12.3. The lowest BCUT2D eigenvalue weighted by Gasteiger charge is -2.62. The van der Waals surface area contributed by atoms with E-state index in [0.717, 1.165) is 38.5 Å². The normalized spacial score (nSPS) is 44.0. The van der Waals surface area contributed by atoms with E-state index < -0.39 is 41.1 Å². The summed E-state index contributed by atoms with van der Waals surface area (Å²) in [5, 5.41) is 18.5. The van der Waals surface area contributed by atoms with Crippen LogP contribution in [0.2, 0.25) is 0 Å². The van der Waals surface area contributed by atoms with Gasteiger partial charge in [0.1, 0.15) is 17.7 Å². The number of rotatable bonds is 7. The minimum absolute atomic E-state index is 0.0332. The smallest absolute Gasteiger partial charge is 0.323 e. The Morgan fingerprint density at radius 1 is 1.18 bits per heavy atom. The number of amides is 1. The third kappa shape index (κ3) is 3.62. The SMILES string of the molecule is CC1C2CC(C#N)N(C(=O)C(N)C34CC5CC(CC(OC(=O)C(N)CCC(=O)O)(C5)C3)C4)C12. The standard InChI is InChI=1S/C24H34N4O5/c1-12-16-5-15(10-25)28(19(12)16)21(31)20(27)23-6-13-4-14(7-23)9-24(8-13,11-23)33-22(32)17(26)2-3-18(29)30/h12-17,19-20H,2-9,11,26-27H2,1H3,(H,29,30). The molecule has 9 nitrogen and oxygen atoms in total. The minimum Gasteiger partial charge on any atom is -0.481 e. The van der Waals surface area contributed by atoms with Crippen molar-refractivity contribution < 1.29 is 24.2 Å². The minimum atomic E-state index is -0.999. The summed E-state index contributed by atoms with van der Waals surface area (Å²) < 4.78 is 6.02. The van der Waals surface area contributed by atoms with Crippen LogP contribution in [-0.2, 0) is 19.1 Å². The van der Waals surface area contributed by atoms with Gasteiger partial charge in [0.05, 0.1) is 12.1 Å². The van der Waals surface area contributed by atoms with Crippen LogP contribution < -0.4 is 11.5 Å². The molecule has 4 bridgehead atoms. The van der Waals surface area contributed by atoms with Crippen LogP contribution >= 0.6 is 0 Å². The van der Waals surface area contributed by atoms with Crippen LogP contribution in [0.4, 0.5) is 0 Å². The Kier molecular flexibility index (Phi) is 5.25. The summed E-state index contributed by atoms with van der Waals surface area (Å²) in [5.74, 6) is -0.186. The zero-order valence-corrected chi connectivity index (χ0v) is 19.1. The zero-order valence-electron chi connectivity index (χ0n) is 19.1. The van der Waals surface area contributed by atoms with Crippen LogP contribution in [0.15, 0.2) is 0 Å². The van der Waals surface area contributed by atoms with Crippen molar-refractivity contribution >= 4 is 17.8 Å². The number of nitrogens with zero attached hydrogens (tertiary/aromatic N) is 2. The van der Waals surface area contributed by atoms with Crippen molar-refractivity contribution in [2.24, 2.45) is 40.6 Å². The fourth-order valence-electron chi connectivity index (χ4n) is 8.17. The van der Waals surface area contributed by atoms with Crippen molar-refractivity contribution in [3.8, 4) is 6.07 Å². The number of hydrogen-bond acceptors (Lipinski definition) is 7. The molecule has 1 aliphatic heterocycles. The van der Waals surface area contributed by atoms with Gasteiger partial charge in [0, 0.05) is 12.5 Å². The van der Waals surface area contributed by atoms with E-state index in [4.69, 9.17) is 21.3 Å². The van der Waals surface area contributed by atoms with E-state index in [2.05, 4.69) is 13.0 Å². The topological polar surface area (TPSA) is 160 Å². The summed E-state index contributed by atoms with van der Waals surface area (Å²) in [6, 6.07) is 0.326. The van der Waals surface area contributed by atoms with Gasteiger partial charge in [-0.3, -0.25) is 14.4 Å². The first-order valence-electron chi connectivity index (χ1n) is 12.3. The first kappa shape index (κ1) is 22.6. The Bertz CT molecular complexity index is 901. The molecule has 5 N–H and O–H groups in total. The number of hydrogen-bond donors (Lipinski definition) is 3. The average molecular weight is 459 g/mol. The van der Waals surface area contributed by atoms with E-state index in [1.54, 1.807) is 4.90 Å². The summed E-state index contributed by atoms with van der Waals surface area (Å²) in [7, 11) is 0. The largest absolute Gasteiger partial charge is 0.481 e. The summed E-state index contributed by atoms with van der Waals surface area (Å²) >= 11 is 0. The molecule has 8 atom stereocenters. The molecule has 6 fully saturated rings. The summed E-state index contributed by atoms with van der Waals surface area (Å²) in [6.45, 7) is 2.13. The number of esters is 1. The highest BCUT2D eigenvalue weighted by Crippen LogP contribution is 2.64. The summed E-state index contributed by atoms with van der Waals surface area (Å²) in [6.07, 6.45) is 5.34. The third-order valence-electron chi connectivity index (χ3n) is 9.34. The Hall–Kier alpha value is -2.18. The summed E-state index contributed by atoms with van der Waals surface area (Å²) in [4.78, 5) is 39.0. The van der Waals surface area contributed by atoms with E-state index in [1.807, 2.05) is 0 Å². The second kappa shape index (κ2) is 7.67. The second-order valence-corrected chi connectivity index (χ2v) is 11.6. The molecular formula is C24H34N4O5. The number of carbonyl (C=O) groups is 3. The number of aliphatic carboxylic acids is 1. The van der Waals surface area contributed by atoms with Gasteiger partial charge in [-0.05, 0) is 80.5 Å². The van der Waals surface area contributed by atoms with Crippen molar-refractivity contribution in [3.63, 3.8) is 0 Å². The van der Waals surface area contributed by atoms with Crippen LogP contribution in [0.25, 0.3) is 0 Å². The number of nitriles is 1. The van der Waals surface area contributed by atoms with Crippen LogP contribution in [0, 0.1) is 40.4 Å². The molecule has 1 heterocycles. The molecule has 1 saturated heterocycles. The molecule has 8 unspecified atom stereocenters. The highest BCUT2D eigenvalue weighted by molar-refractivity contribution is 5.85. The van der Waals surface area contributed by atoms with E-state index >= 15 is 0 Å². The predicted molar refractivity (Wildman–Crippen MR) is 116 cm³/mol. The highest BCUT2D eigenvalue weighted by atomic mass is 16.6. The molecule has 0 aromatic rings. The molecule has 6 rings (SSSR count). The molecule has 0 spiro atoms. The van der Waals surface area contributed by atoms with Crippen LogP contribution in [-0.4, -0.2) is 57.6 Å². The number of likely N-dealkylation sites (tertiary alicyclic amines) is 1. The van der Waals surface area contributed by atoms with Crippen molar-refractivity contribution in [2.45, 2.75) is 94.5 Å². The van der Waals surface area contributed by atoms with Crippen molar-refractivity contribution in [1.82, 2.24) is 4.90 Å². The van der Waals surface area contributed by atoms with E-state index in [-0.39, 0.29) is 24.8 Å². The third-order valence-corrected chi connectivity index (χ3v) is 9.34. The summed E-state index contributed by atoms with van der Waals surface area (Å²) in [5.41, 5.74) is 11.5. The van der Waals surface area contributed by atoms with E-state index in [9.17, 15) is 19.6 Å². The molecule has 5 aliphatic carbocycles. The number of fused-ring (bicyclic) bond motifs is 1. The number of ether oxygens (including phenoxy) is 1. The lowest BCUT2D eigenvalue weighted by Crippen LogP contribution is -2.66. The zero-order chi connectivity index (χ0) is 23.7. The van der Waals surface area contributed by atoms with Crippen LogP contribution in [0.5, 0.6) is 0 Å². The molecule has 0 aromatic heterocycles. The maximum atomic E-state index is 13.7. The molecule has 0 radical (unpaired) electrons. The van der Waals surface area contributed by atoms with Gasteiger partial charge in [-0.2, -0.15) is 5.26 Å². The Labute approximate surface area is 193 Å². The fourth-order valence-corrected chi connectivity index (χ4v) is 8.17. The Morgan fingerprint density at radius 3 is 2.45 bits per heavy atom. The van der Waals surface area contributed by atoms with Gasteiger partial charge in [-0.25, -0.2) is 0 Å². The number of carboxylic acid groups (broad SMARTS) is 1. The predicted octanol–water partition coefficient (Wildman–Crippen LogP) is 1.15. The van der Waals surface area contributed by atoms with Crippen molar-refractivity contribution in [2.75, 3.05) is 0 Å². The van der Waals surface area contributed by atoms with Crippen molar-refractivity contribution in [1.29, 1.82) is 5.26 Å². The quantitative estimate of drug-likeness (QED) is 0.479. The molecule has 1 amide bonds. The number of nitrogens with two attached hydrogens (primary N) is 2. The van der Waals surface area contributed by atoms with Gasteiger partial charge in [0.2, 0.25) is 5.91 Å². The van der Waals surface area contributed by atoms with Gasteiger partial charge in [-0.15, -0.1) is 0 Å². The number of piperidine rings is 1. The first-order chi connectivity index (χ1) is 15.6. The van der Waals surface area contributed by atoms with E-state index in [1.165, 1.54) is 0 Å². The number of carboxylic acids is 1. The van der Waals surface area contributed by atoms with Gasteiger partial charge >= 0.3 is 11.9 Å². The van der Waals surface area contributed by atoms with Crippen LogP contribution in [0.3, 0.4) is 0 Å². The molecule has 9 heteroatoms. The molecule has 5 saturated carbocycles. The molecule has 0 aromatic carbocycles. The molecule has 33 heavy (non-hydrogen) atoms. The molecular weight excluding hydrogens is 424 g/mol. The number of carbonyl (C=O) groups excluding carboxylic acids is 2. The Morgan fingerprint density at radius 2 is 1.85 bits per heavy atom. The van der Waals surface area contributed by atoms with Gasteiger partial charge in [0.25, 0.3) is 0 Å². The average Bonchev–Trinajstić information content (AvgIpc) is 3.18. The monoisotopic (exact) mass is 458 g/mol. The Balaban J connectivity index is 1.34. The van der Waals surface area contributed by atoms with Crippen LogP contribution in [0.1, 0.15) is 64.7 Å². The van der Waals surface area contributed by atoms with Gasteiger partial charge < -0.3 is 26.2 Å². The molecule has 180 valence electrons. The maximum absolute atomic E-state index is 13.7. The molecule has 6 aliphatic rings.